The van der Waals surface area contributed by atoms with E-state index in [0.29, 0.717) is 23.0 Å². The van der Waals surface area contributed by atoms with Gasteiger partial charge in [-0.25, -0.2) is 0 Å². The second-order valence-corrected chi connectivity index (χ2v) is 5.62. The van der Waals surface area contributed by atoms with Gasteiger partial charge in [0, 0.05) is 11.6 Å². The number of amides is 1. The standard InChI is InChI=1S/C18H19N5O3/c1-12-4-6-13(7-5-12)18-20-22-23(21-18)11-17(24)19-15-9-8-14(25-2)10-16(15)26-3/h4-10H,11H2,1-3H3,(H,19,24). The van der Waals surface area contributed by atoms with Gasteiger partial charge in [-0.15, -0.1) is 10.2 Å². The van der Waals surface area contributed by atoms with Crippen LogP contribution in [0.2, 0.25) is 0 Å². The molecule has 0 unspecified atom stereocenters. The van der Waals surface area contributed by atoms with Gasteiger partial charge < -0.3 is 14.8 Å². The van der Waals surface area contributed by atoms with Gasteiger partial charge in [0.2, 0.25) is 11.7 Å². The first-order valence-electron chi connectivity index (χ1n) is 7.96. The van der Waals surface area contributed by atoms with Crippen LogP contribution in [0.1, 0.15) is 5.56 Å². The minimum atomic E-state index is -0.290. The summed E-state index contributed by atoms with van der Waals surface area (Å²) < 4.78 is 10.4. The van der Waals surface area contributed by atoms with Crippen LogP contribution in [-0.4, -0.2) is 40.3 Å². The maximum Gasteiger partial charge on any atom is 0.248 e. The number of tetrazole rings is 1. The average Bonchev–Trinajstić information content (AvgIpc) is 3.11. The Balaban J connectivity index is 1.68. The molecule has 1 heterocycles. The molecule has 8 heteroatoms. The molecule has 3 rings (SSSR count). The maximum atomic E-state index is 12.3. The molecule has 1 amide bonds. The second kappa shape index (κ2) is 7.64. The van der Waals surface area contributed by atoms with Crippen molar-refractivity contribution in [3.63, 3.8) is 0 Å². The fraction of sp³-hybridized carbons (Fsp3) is 0.222. The zero-order valence-electron chi connectivity index (χ0n) is 14.8. The average molecular weight is 353 g/mol. The van der Waals surface area contributed by atoms with Gasteiger partial charge in [-0.1, -0.05) is 29.8 Å². The van der Waals surface area contributed by atoms with Crippen molar-refractivity contribution in [2.75, 3.05) is 19.5 Å². The lowest BCUT2D eigenvalue weighted by atomic mass is 10.1. The molecule has 26 heavy (non-hydrogen) atoms. The minimum Gasteiger partial charge on any atom is -0.497 e. The predicted molar refractivity (Wildman–Crippen MR) is 96.2 cm³/mol. The van der Waals surface area contributed by atoms with Crippen molar-refractivity contribution >= 4 is 11.6 Å². The highest BCUT2D eigenvalue weighted by Crippen LogP contribution is 2.28. The number of methoxy groups -OCH3 is 2. The molecule has 8 nitrogen and oxygen atoms in total. The van der Waals surface area contributed by atoms with Gasteiger partial charge in [-0.3, -0.25) is 4.79 Å². The topological polar surface area (TPSA) is 91.2 Å². The summed E-state index contributed by atoms with van der Waals surface area (Å²) in [6, 6.07) is 12.9. The highest BCUT2D eigenvalue weighted by Gasteiger charge is 2.12. The van der Waals surface area contributed by atoms with Crippen molar-refractivity contribution in [3.05, 3.63) is 48.0 Å². The predicted octanol–water partition coefficient (Wildman–Crippen LogP) is 2.30. The number of carbonyl (C=O) groups excluding carboxylic acids is 1. The molecular formula is C18H19N5O3. The monoisotopic (exact) mass is 353 g/mol. The van der Waals surface area contributed by atoms with E-state index in [0.717, 1.165) is 11.1 Å². The van der Waals surface area contributed by atoms with Crippen LogP contribution in [0.3, 0.4) is 0 Å². The Morgan fingerprint density at radius 2 is 1.88 bits per heavy atom. The summed E-state index contributed by atoms with van der Waals surface area (Å²) in [4.78, 5) is 13.5. The van der Waals surface area contributed by atoms with Crippen LogP contribution < -0.4 is 14.8 Å². The number of rotatable bonds is 6. The Hall–Kier alpha value is -3.42. The molecule has 0 aliphatic rings. The number of nitrogens with one attached hydrogen (secondary N) is 1. The van der Waals surface area contributed by atoms with E-state index in [1.165, 1.54) is 11.9 Å². The van der Waals surface area contributed by atoms with E-state index < -0.39 is 0 Å². The Morgan fingerprint density at radius 3 is 2.58 bits per heavy atom. The van der Waals surface area contributed by atoms with E-state index in [-0.39, 0.29) is 12.5 Å². The SMILES string of the molecule is COc1ccc(NC(=O)Cn2nnc(-c3ccc(C)cc3)n2)c(OC)c1. The largest absolute Gasteiger partial charge is 0.497 e. The molecule has 0 saturated heterocycles. The van der Waals surface area contributed by atoms with E-state index in [1.54, 1.807) is 25.3 Å². The van der Waals surface area contributed by atoms with Crippen LogP contribution in [0.5, 0.6) is 11.5 Å². The molecule has 0 atom stereocenters. The van der Waals surface area contributed by atoms with Gasteiger partial charge in [0.05, 0.1) is 19.9 Å². The highest BCUT2D eigenvalue weighted by molar-refractivity contribution is 5.92. The molecule has 0 radical (unpaired) electrons. The number of ether oxygens (including phenoxy) is 2. The summed E-state index contributed by atoms with van der Waals surface area (Å²) in [5, 5.41) is 14.9. The van der Waals surface area contributed by atoms with Gasteiger partial charge >= 0.3 is 0 Å². The molecule has 0 aliphatic carbocycles. The van der Waals surface area contributed by atoms with Crippen molar-refractivity contribution in [1.82, 2.24) is 20.2 Å². The lowest BCUT2D eigenvalue weighted by molar-refractivity contribution is -0.117. The van der Waals surface area contributed by atoms with Crippen LogP contribution >= 0.6 is 0 Å². The molecule has 3 aromatic rings. The van der Waals surface area contributed by atoms with E-state index in [1.807, 2.05) is 31.2 Å². The van der Waals surface area contributed by atoms with Crippen LogP contribution in [0.4, 0.5) is 5.69 Å². The molecule has 0 aliphatic heterocycles. The molecule has 134 valence electrons. The summed E-state index contributed by atoms with van der Waals surface area (Å²) in [6.45, 7) is 1.94. The first kappa shape index (κ1) is 17.4. The Labute approximate surface area is 150 Å². The van der Waals surface area contributed by atoms with Crippen molar-refractivity contribution in [2.24, 2.45) is 0 Å². The number of aromatic nitrogens is 4. The molecule has 0 fully saturated rings. The second-order valence-electron chi connectivity index (χ2n) is 5.62. The first-order chi connectivity index (χ1) is 12.6. The molecule has 2 aromatic carbocycles. The summed E-state index contributed by atoms with van der Waals surface area (Å²) in [7, 11) is 3.09. The molecule has 0 spiro atoms. The minimum absolute atomic E-state index is 0.0615. The number of hydrogen-bond acceptors (Lipinski definition) is 6. The van der Waals surface area contributed by atoms with Crippen molar-refractivity contribution in [3.8, 4) is 22.9 Å². The van der Waals surface area contributed by atoms with E-state index in [4.69, 9.17) is 9.47 Å². The zero-order chi connectivity index (χ0) is 18.5. The maximum absolute atomic E-state index is 12.3. The van der Waals surface area contributed by atoms with Crippen LogP contribution in [0, 0.1) is 6.92 Å². The summed E-state index contributed by atoms with van der Waals surface area (Å²) in [6.07, 6.45) is 0. The Kier molecular flexibility index (Phi) is 5.12. The van der Waals surface area contributed by atoms with Crippen LogP contribution in [-0.2, 0) is 11.3 Å². The van der Waals surface area contributed by atoms with Gasteiger partial charge in [-0.05, 0) is 24.3 Å². The number of nitrogens with zero attached hydrogens (tertiary/aromatic N) is 4. The third kappa shape index (κ3) is 3.97. The van der Waals surface area contributed by atoms with Crippen LogP contribution in [0.25, 0.3) is 11.4 Å². The molecule has 0 saturated carbocycles. The Bertz CT molecular complexity index is 905. The van der Waals surface area contributed by atoms with E-state index in [9.17, 15) is 4.79 Å². The number of aryl methyl sites for hydroxylation is 1. The fourth-order valence-corrected chi connectivity index (χ4v) is 2.35. The van der Waals surface area contributed by atoms with Crippen molar-refractivity contribution in [1.29, 1.82) is 0 Å². The fourth-order valence-electron chi connectivity index (χ4n) is 2.35. The van der Waals surface area contributed by atoms with E-state index in [2.05, 4.69) is 20.7 Å². The lowest BCUT2D eigenvalue weighted by Gasteiger charge is -2.11. The third-order valence-electron chi connectivity index (χ3n) is 3.73. The summed E-state index contributed by atoms with van der Waals surface area (Å²) in [5.74, 6) is 1.33. The number of hydrogen-bond donors (Lipinski definition) is 1. The van der Waals surface area contributed by atoms with Gasteiger partial charge in [0.1, 0.15) is 18.0 Å². The van der Waals surface area contributed by atoms with Gasteiger partial charge in [0.25, 0.3) is 0 Å². The first-order valence-corrected chi connectivity index (χ1v) is 7.96. The third-order valence-corrected chi connectivity index (χ3v) is 3.73. The smallest absolute Gasteiger partial charge is 0.248 e. The zero-order valence-corrected chi connectivity index (χ0v) is 14.8. The number of benzene rings is 2. The van der Waals surface area contributed by atoms with Gasteiger partial charge in [0.15, 0.2) is 0 Å². The summed E-state index contributed by atoms with van der Waals surface area (Å²) >= 11 is 0. The van der Waals surface area contributed by atoms with Crippen molar-refractivity contribution < 1.29 is 14.3 Å². The van der Waals surface area contributed by atoms with Crippen molar-refractivity contribution in [2.45, 2.75) is 13.5 Å². The lowest BCUT2D eigenvalue weighted by Crippen LogP contribution is -2.20. The quantitative estimate of drug-likeness (QED) is 0.731. The Morgan fingerprint density at radius 1 is 1.12 bits per heavy atom. The normalized spacial score (nSPS) is 10.4. The highest BCUT2D eigenvalue weighted by atomic mass is 16.5. The molecule has 1 N–H and O–H groups in total. The van der Waals surface area contributed by atoms with Crippen LogP contribution in [0.15, 0.2) is 42.5 Å². The molecular weight excluding hydrogens is 334 g/mol. The van der Waals surface area contributed by atoms with Gasteiger partial charge in [-0.2, -0.15) is 4.80 Å². The molecule has 0 bridgehead atoms. The number of carbonyl (C=O) groups is 1. The number of anilines is 1. The van der Waals surface area contributed by atoms with E-state index >= 15 is 0 Å². The molecule has 1 aromatic heterocycles. The summed E-state index contributed by atoms with van der Waals surface area (Å²) in [5.41, 5.74) is 2.53.